The number of pyridine rings is 2. The number of nitriles is 1. The molecule has 2 aromatic heterocycles. The third kappa shape index (κ3) is 3.80. The van der Waals surface area contributed by atoms with Crippen LogP contribution in [0.1, 0.15) is 24.0 Å². The highest BCUT2D eigenvalue weighted by atomic mass is 15.2. The van der Waals surface area contributed by atoms with E-state index in [0.29, 0.717) is 22.7 Å². The molecule has 2 aromatic carbocycles. The Morgan fingerprint density at radius 3 is 2.21 bits per heavy atom. The Kier molecular flexibility index (Phi) is 5.54. The molecule has 0 bridgehead atoms. The van der Waals surface area contributed by atoms with Crippen LogP contribution in [-0.4, -0.2) is 37.2 Å². The second-order valence-electron chi connectivity index (χ2n) is 9.09. The zero-order chi connectivity index (χ0) is 23.8. The molecule has 1 aliphatic heterocycles. The first-order valence-corrected chi connectivity index (χ1v) is 11.6. The topological polar surface area (TPSA) is 82.1 Å². The van der Waals surface area contributed by atoms with Crippen molar-refractivity contribution in [3.8, 4) is 28.5 Å². The summed E-state index contributed by atoms with van der Waals surface area (Å²) < 4.78 is 0. The number of aryl methyl sites for hydroxylation is 1. The molecule has 1 saturated heterocycles. The van der Waals surface area contributed by atoms with Crippen molar-refractivity contribution in [2.45, 2.75) is 19.8 Å². The zero-order valence-corrected chi connectivity index (χ0v) is 19.8. The molecule has 1 fully saturated rings. The molecule has 3 heterocycles. The van der Waals surface area contributed by atoms with Crippen molar-refractivity contribution >= 4 is 28.2 Å². The van der Waals surface area contributed by atoms with Crippen molar-refractivity contribution in [2.24, 2.45) is 0 Å². The number of fused-ring (bicyclic) bond motifs is 1. The highest BCUT2D eigenvalue weighted by molar-refractivity contribution is 6.06. The lowest BCUT2D eigenvalue weighted by Crippen LogP contribution is -2.21. The first-order valence-electron chi connectivity index (χ1n) is 11.6. The third-order valence-corrected chi connectivity index (χ3v) is 6.52. The van der Waals surface area contributed by atoms with Gasteiger partial charge in [-0.25, -0.2) is 9.97 Å². The van der Waals surface area contributed by atoms with E-state index in [1.165, 1.54) is 5.56 Å². The molecule has 0 unspecified atom stereocenters. The van der Waals surface area contributed by atoms with Crippen LogP contribution in [-0.2, 0) is 0 Å². The Bertz CT molecular complexity index is 1390. The predicted octanol–water partition coefficient (Wildman–Crippen LogP) is 5.39. The average molecular weight is 449 g/mol. The molecule has 34 heavy (non-hydrogen) atoms. The summed E-state index contributed by atoms with van der Waals surface area (Å²) >= 11 is 0. The number of rotatable bonds is 4. The average Bonchev–Trinajstić information content (AvgIpc) is 3.39. The fourth-order valence-electron chi connectivity index (χ4n) is 4.62. The maximum atomic E-state index is 10.2. The van der Waals surface area contributed by atoms with Crippen LogP contribution in [0.4, 0.5) is 17.3 Å². The summed E-state index contributed by atoms with van der Waals surface area (Å²) in [5.41, 5.74) is 13.7. The van der Waals surface area contributed by atoms with E-state index in [9.17, 15) is 5.26 Å². The third-order valence-electron chi connectivity index (χ3n) is 6.52. The van der Waals surface area contributed by atoms with E-state index in [1.54, 1.807) is 0 Å². The van der Waals surface area contributed by atoms with Gasteiger partial charge in [0.2, 0.25) is 0 Å². The highest BCUT2D eigenvalue weighted by Crippen LogP contribution is 2.39. The van der Waals surface area contributed by atoms with Gasteiger partial charge in [-0.1, -0.05) is 42.0 Å². The number of hydrogen-bond acceptors (Lipinski definition) is 6. The van der Waals surface area contributed by atoms with Crippen LogP contribution < -0.4 is 15.5 Å². The molecule has 2 N–H and O–H groups in total. The first-order chi connectivity index (χ1) is 16.5. The van der Waals surface area contributed by atoms with E-state index in [-0.39, 0.29) is 0 Å². The molecule has 5 rings (SSSR count). The van der Waals surface area contributed by atoms with Crippen molar-refractivity contribution in [3.05, 3.63) is 65.7 Å². The zero-order valence-electron chi connectivity index (χ0n) is 19.8. The van der Waals surface area contributed by atoms with Crippen LogP contribution in [0.3, 0.4) is 0 Å². The van der Waals surface area contributed by atoms with Crippen LogP contribution in [0.25, 0.3) is 33.3 Å². The van der Waals surface area contributed by atoms with Crippen molar-refractivity contribution < 1.29 is 0 Å². The summed E-state index contributed by atoms with van der Waals surface area (Å²) in [7, 11) is 4.04. The van der Waals surface area contributed by atoms with E-state index in [0.717, 1.165) is 59.4 Å². The highest BCUT2D eigenvalue weighted by Gasteiger charge is 2.24. The summed E-state index contributed by atoms with van der Waals surface area (Å²) in [4.78, 5) is 13.9. The Labute approximate surface area is 200 Å². The smallest absolute Gasteiger partial charge is 0.151 e. The van der Waals surface area contributed by atoms with Gasteiger partial charge in [0.15, 0.2) is 5.82 Å². The largest absolute Gasteiger partial charge is 0.383 e. The lowest BCUT2D eigenvalue weighted by molar-refractivity contribution is 0.938. The van der Waals surface area contributed by atoms with Gasteiger partial charge in [0, 0.05) is 38.4 Å². The van der Waals surface area contributed by atoms with E-state index in [2.05, 4.69) is 77.4 Å². The summed E-state index contributed by atoms with van der Waals surface area (Å²) in [5, 5.41) is 11.0. The minimum absolute atomic E-state index is 0.408. The monoisotopic (exact) mass is 448 g/mol. The molecular formula is C28H28N6. The van der Waals surface area contributed by atoms with Crippen LogP contribution in [0, 0.1) is 18.3 Å². The summed E-state index contributed by atoms with van der Waals surface area (Å²) in [6, 6.07) is 21.1. The molecule has 6 heteroatoms. The SMILES string of the molecule is Cc1ccc(-c2cc(-c3ccc(N(C)C)cc3)c3c(N)nc(N4CCCC4)c(C#N)c3n2)cc1. The number of nitrogens with zero attached hydrogens (tertiary/aromatic N) is 5. The fraction of sp³-hybridized carbons (Fsp3) is 0.250. The van der Waals surface area contributed by atoms with E-state index < -0.39 is 0 Å². The predicted molar refractivity (Wildman–Crippen MR) is 140 cm³/mol. The molecule has 0 atom stereocenters. The molecule has 0 aliphatic carbocycles. The van der Waals surface area contributed by atoms with E-state index in [4.69, 9.17) is 15.7 Å². The Balaban J connectivity index is 1.81. The van der Waals surface area contributed by atoms with Crippen LogP contribution >= 0.6 is 0 Å². The molecule has 0 radical (unpaired) electrons. The van der Waals surface area contributed by atoms with Gasteiger partial charge >= 0.3 is 0 Å². The first kappa shape index (κ1) is 21.7. The Morgan fingerprint density at radius 1 is 0.941 bits per heavy atom. The van der Waals surface area contributed by atoms with Gasteiger partial charge < -0.3 is 15.5 Å². The number of hydrogen-bond donors (Lipinski definition) is 1. The second kappa shape index (κ2) is 8.68. The summed E-state index contributed by atoms with van der Waals surface area (Å²) in [6.45, 7) is 3.82. The van der Waals surface area contributed by atoms with Crippen LogP contribution in [0.15, 0.2) is 54.6 Å². The van der Waals surface area contributed by atoms with Crippen molar-refractivity contribution in [3.63, 3.8) is 0 Å². The molecular weight excluding hydrogens is 420 g/mol. The molecule has 1 aliphatic rings. The van der Waals surface area contributed by atoms with Gasteiger partial charge in [0.05, 0.1) is 16.6 Å². The molecule has 0 spiro atoms. The summed E-state index contributed by atoms with van der Waals surface area (Å²) in [5.74, 6) is 1.05. The number of nitrogen functional groups attached to an aromatic ring is 1. The van der Waals surface area contributed by atoms with Crippen molar-refractivity contribution in [2.75, 3.05) is 42.7 Å². The number of nitrogens with two attached hydrogens (primary N) is 1. The maximum absolute atomic E-state index is 10.2. The van der Waals surface area contributed by atoms with Gasteiger partial charge in [0.1, 0.15) is 17.5 Å². The number of benzene rings is 2. The maximum Gasteiger partial charge on any atom is 0.151 e. The number of aromatic nitrogens is 2. The van der Waals surface area contributed by atoms with Crippen molar-refractivity contribution in [1.82, 2.24) is 9.97 Å². The van der Waals surface area contributed by atoms with Crippen LogP contribution in [0.2, 0.25) is 0 Å². The Morgan fingerprint density at radius 2 is 1.59 bits per heavy atom. The van der Waals surface area contributed by atoms with E-state index in [1.807, 2.05) is 14.1 Å². The van der Waals surface area contributed by atoms with E-state index >= 15 is 0 Å². The van der Waals surface area contributed by atoms with Gasteiger partial charge in [-0.15, -0.1) is 0 Å². The quantitative estimate of drug-likeness (QED) is 0.451. The second-order valence-corrected chi connectivity index (χ2v) is 9.09. The molecule has 170 valence electrons. The standard InChI is InChI=1S/C28H28N6/c1-18-6-8-20(9-7-18)24-16-22(19-10-12-21(13-11-19)33(2)3)25-26(31-24)23(17-29)28(32-27(25)30)34-14-4-5-15-34/h6-13,16H,4-5,14-15H2,1-3H3,(H2,30,32). The minimum Gasteiger partial charge on any atom is -0.383 e. The molecule has 0 saturated carbocycles. The van der Waals surface area contributed by atoms with Gasteiger partial charge in [-0.2, -0.15) is 5.26 Å². The lowest BCUT2D eigenvalue weighted by Gasteiger charge is -2.21. The lowest BCUT2D eigenvalue weighted by atomic mass is 9.96. The minimum atomic E-state index is 0.408. The molecule has 4 aromatic rings. The normalized spacial score (nSPS) is 13.3. The van der Waals surface area contributed by atoms with Gasteiger partial charge in [-0.3, -0.25) is 0 Å². The van der Waals surface area contributed by atoms with Gasteiger partial charge in [0.25, 0.3) is 0 Å². The van der Waals surface area contributed by atoms with Crippen molar-refractivity contribution in [1.29, 1.82) is 5.26 Å². The summed E-state index contributed by atoms with van der Waals surface area (Å²) in [6.07, 6.45) is 2.18. The molecule has 6 nitrogen and oxygen atoms in total. The number of anilines is 3. The van der Waals surface area contributed by atoms with Crippen LogP contribution in [0.5, 0.6) is 0 Å². The van der Waals surface area contributed by atoms with Gasteiger partial charge in [-0.05, 0) is 49.1 Å². The Hall–Kier alpha value is -4.11. The fourth-order valence-corrected chi connectivity index (χ4v) is 4.62. The molecule has 0 amide bonds.